The Hall–Kier alpha value is -4.45. The molecule has 0 aliphatic heterocycles. The molecule has 0 atom stereocenters. The lowest BCUT2D eigenvalue weighted by molar-refractivity contribution is 0.256. The Kier molecular flexibility index (Phi) is 13.4. The van der Waals surface area contributed by atoms with E-state index in [2.05, 4.69) is 116 Å². The molecule has 8 nitrogen and oxygen atoms in total. The van der Waals surface area contributed by atoms with Crippen LogP contribution in [0.25, 0.3) is 22.2 Å². The first-order valence-corrected chi connectivity index (χ1v) is 17.4. The zero-order valence-electron chi connectivity index (χ0n) is 29.7. The van der Waals surface area contributed by atoms with Crippen LogP contribution in [0.15, 0.2) is 65.6 Å². The van der Waals surface area contributed by atoms with E-state index in [-0.39, 0.29) is 23.4 Å². The number of nitrogens with one attached hydrogen (secondary N) is 3. The van der Waals surface area contributed by atoms with Crippen molar-refractivity contribution in [3.8, 4) is 23.0 Å². The number of aromatic amines is 1. The number of benzene rings is 2. The van der Waals surface area contributed by atoms with E-state index >= 15 is 0 Å². The van der Waals surface area contributed by atoms with Crippen LogP contribution in [0.3, 0.4) is 0 Å². The number of H-pyrrole nitrogens is 1. The van der Waals surface area contributed by atoms with Crippen LogP contribution in [-0.4, -0.2) is 60.2 Å². The molecular formula is C40H52N6O2. The Bertz CT molecular complexity index is 1770. The monoisotopic (exact) mass is 648 g/mol. The van der Waals surface area contributed by atoms with Crippen molar-refractivity contribution in [2.45, 2.75) is 73.1 Å². The zero-order chi connectivity index (χ0) is 34.6. The normalized spacial score (nSPS) is 11.3. The molecule has 254 valence electrons. The molecule has 0 fully saturated rings. The van der Waals surface area contributed by atoms with E-state index in [0.717, 1.165) is 77.9 Å². The van der Waals surface area contributed by atoms with E-state index in [1.54, 1.807) is 17.2 Å². The molecule has 0 radical (unpaired) electrons. The lowest BCUT2D eigenvalue weighted by atomic mass is 9.88. The predicted molar refractivity (Wildman–Crippen MR) is 201 cm³/mol. The predicted octanol–water partition coefficient (Wildman–Crippen LogP) is 7.96. The summed E-state index contributed by atoms with van der Waals surface area (Å²) in [5.74, 6) is 6.88. The zero-order valence-corrected chi connectivity index (χ0v) is 29.7. The molecule has 4 aromatic rings. The maximum atomic E-state index is 14.1. The number of amides is 2. The lowest BCUT2D eigenvalue weighted by Gasteiger charge is -2.27. The van der Waals surface area contributed by atoms with Gasteiger partial charge < -0.3 is 20.5 Å². The van der Waals surface area contributed by atoms with Gasteiger partial charge in [-0.1, -0.05) is 78.9 Å². The summed E-state index contributed by atoms with van der Waals surface area (Å²) < 4.78 is 0. The molecule has 0 saturated carbocycles. The van der Waals surface area contributed by atoms with E-state index in [4.69, 9.17) is 0 Å². The molecule has 8 heteroatoms. The number of nitrogens with zero attached hydrogens (tertiary/aromatic N) is 3. The van der Waals surface area contributed by atoms with Crippen LogP contribution < -0.4 is 21.1 Å². The minimum atomic E-state index is -0.339. The molecule has 48 heavy (non-hydrogen) atoms. The molecule has 0 bridgehead atoms. The number of fused-ring (bicyclic) bond motifs is 1. The second-order valence-corrected chi connectivity index (χ2v) is 12.8. The SMILES string of the molecule is CCCCN(C(=O)Nc1c(C(C)C)cc(-c2cccc(C#CCNCCN(CC)CC)c2)cc1C(C)C)c1cc2cccnc2[nH]c1=O. The van der Waals surface area contributed by atoms with Crippen molar-refractivity contribution in [2.24, 2.45) is 0 Å². The molecule has 3 N–H and O–H groups in total. The van der Waals surface area contributed by atoms with Gasteiger partial charge in [-0.3, -0.25) is 9.69 Å². The average Bonchev–Trinajstić information content (AvgIpc) is 3.08. The molecule has 2 aromatic carbocycles. The van der Waals surface area contributed by atoms with Crippen molar-refractivity contribution in [1.29, 1.82) is 0 Å². The maximum absolute atomic E-state index is 14.1. The molecule has 0 saturated heterocycles. The number of anilines is 2. The summed E-state index contributed by atoms with van der Waals surface area (Å²) in [6, 6.07) is 17.8. The Morgan fingerprint density at radius 3 is 2.31 bits per heavy atom. The van der Waals surface area contributed by atoms with Crippen molar-refractivity contribution in [1.82, 2.24) is 20.2 Å². The standard InChI is InChI=1S/C40H52N6O2/c1-8-11-22-46(36-27-32-18-14-20-42-38(32)44-39(36)47)40(48)43-37-34(28(4)5)25-33(26-35(37)29(6)7)31-17-12-15-30(24-31)16-13-19-41-21-23-45(9-2)10-3/h12,14-15,17-18,20,24-29,41H,8-11,19,21-23H2,1-7H3,(H,43,48)(H,42,44,47). The van der Waals surface area contributed by atoms with Crippen molar-refractivity contribution in [3.63, 3.8) is 0 Å². The van der Waals surface area contributed by atoms with Crippen LogP contribution >= 0.6 is 0 Å². The van der Waals surface area contributed by atoms with E-state index in [1.165, 1.54) is 0 Å². The number of carbonyl (C=O) groups is 1. The topological polar surface area (TPSA) is 93.4 Å². The molecule has 2 heterocycles. The number of pyridine rings is 2. The van der Waals surface area contributed by atoms with Gasteiger partial charge in [0.1, 0.15) is 11.3 Å². The van der Waals surface area contributed by atoms with E-state index in [9.17, 15) is 9.59 Å². The van der Waals surface area contributed by atoms with Crippen LogP contribution in [0.4, 0.5) is 16.2 Å². The Labute approximate surface area is 286 Å². The highest BCUT2D eigenvalue weighted by Crippen LogP contribution is 2.37. The second-order valence-electron chi connectivity index (χ2n) is 12.8. The Morgan fingerprint density at radius 1 is 0.917 bits per heavy atom. The number of urea groups is 1. The molecule has 0 aliphatic rings. The van der Waals surface area contributed by atoms with Crippen LogP contribution in [0.5, 0.6) is 0 Å². The van der Waals surface area contributed by atoms with Gasteiger partial charge in [0, 0.05) is 42.5 Å². The minimum Gasteiger partial charge on any atom is -0.307 e. The number of aromatic nitrogens is 2. The van der Waals surface area contributed by atoms with Crippen LogP contribution in [0.1, 0.15) is 89.8 Å². The van der Waals surface area contributed by atoms with Crippen molar-refractivity contribution in [3.05, 3.63) is 87.8 Å². The van der Waals surface area contributed by atoms with Gasteiger partial charge in [-0.2, -0.15) is 0 Å². The molecule has 0 spiro atoms. The number of unbranched alkanes of at least 4 members (excludes halogenated alkanes) is 1. The highest BCUT2D eigenvalue weighted by atomic mass is 16.2. The quantitative estimate of drug-likeness (QED) is 0.0953. The average molecular weight is 649 g/mol. The lowest BCUT2D eigenvalue weighted by Crippen LogP contribution is -2.39. The summed E-state index contributed by atoms with van der Waals surface area (Å²) in [5, 5.41) is 7.46. The highest BCUT2D eigenvalue weighted by Gasteiger charge is 2.24. The minimum absolute atomic E-state index is 0.141. The smallest absolute Gasteiger partial charge is 0.307 e. The van der Waals surface area contributed by atoms with Crippen LogP contribution in [0, 0.1) is 11.8 Å². The second kappa shape index (κ2) is 17.6. The van der Waals surface area contributed by atoms with Gasteiger partial charge in [0.25, 0.3) is 5.56 Å². The van der Waals surface area contributed by atoms with E-state index < -0.39 is 0 Å². The molecular weight excluding hydrogens is 596 g/mol. The summed E-state index contributed by atoms with van der Waals surface area (Å²) >= 11 is 0. The van der Waals surface area contributed by atoms with Crippen molar-refractivity contribution < 1.29 is 4.79 Å². The summed E-state index contributed by atoms with van der Waals surface area (Å²) in [7, 11) is 0. The molecule has 0 aliphatic carbocycles. The third kappa shape index (κ3) is 9.33. The summed E-state index contributed by atoms with van der Waals surface area (Å²) in [6.07, 6.45) is 3.29. The maximum Gasteiger partial charge on any atom is 0.326 e. The highest BCUT2D eigenvalue weighted by molar-refractivity contribution is 6.03. The largest absolute Gasteiger partial charge is 0.326 e. The third-order valence-electron chi connectivity index (χ3n) is 8.68. The summed E-state index contributed by atoms with van der Waals surface area (Å²) in [5.41, 5.74) is 6.51. The van der Waals surface area contributed by atoms with Gasteiger partial charge >= 0.3 is 6.03 Å². The fourth-order valence-electron chi connectivity index (χ4n) is 5.81. The third-order valence-corrected chi connectivity index (χ3v) is 8.68. The van der Waals surface area contributed by atoms with Crippen molar-refractivity contribution in [2.75, 3.05) is 49.5 Å². The Balaban J connectivity index is 1.64. The van der Waals surface area contributed by atoms with E-state index in [1.807, 2.05) is 18.2 Å². The number of carbonyl (C=O) groups excluding carboxylic acids is 1. The number of likely N-dealkylation sites (N-methyl/N-ethyl adjacent to an activating group) is 1. The first-order valence-electron chi connectivity index (χ1n) is 17.4. The summed E-state index contributed by atoms with van der Waals surface area (Å²) in [4.78, 5) is 38.4. The van der Waals surface area contributed by atoms with Gasteiger partial charge in [-0.25, -0.2) is 9.78 Å². The Morgan fingerprint density at radius 2 is 1.65 bits per heavy atom. The molecule has 2 amide bonds. The van der Waals surface area contributed by atoms with Crippen LogP contribution in [-0.2, 0) is 0 Å². The van der Waals surface area contributed by atoms with Gasteiger partial charge in [0.15, 0.2) is 0 Å². The van der Waals surface area contributed by atoms with Gasteiger partial charge in [-0.05, 0) is 96.1 Å². The first kappa shape index (κ1) is 36.4. The summed E-state index contributed by atoms with van der Waals surface area (Å²) in [6.45, 7) is 20.1. The number of rotatable bonds is 14. The van der Waals surface area contributed by atoms with Crippen LogP contribution in [0.2, 0.25) is 0 Å². The van der Waals surface area contributed by atoms with Gasteiger partial charge in [0.05, 0.1) is 6.54 Å². The first-order chi connectivity index (χ1) is 23.2. The molecule has 4 rings (SSSR count). The van der Waals surface area contributed by atoms with Crippen molar-refractivity contribution >= 4 is 28.4 Å². The fraction of sp³-hybridized carbons (Fsp3) is 0.425. The van der Waals surface area contributed by atoms with E-state index in [0.29, 0.717) is 24.4 Å². The van der Waals surface area contributed by atoms with Gasteiger partial charge in [-0.15, -0.1) is 0 Å². The number of hydrogen-bond acceptors (Lipinski definition) is 5. The number of hydrogen-bond donors (Lipinski definition) is 3. The fourth-order valence-corrected chi connectivity index (χ4v) is 5.81. The van der Waals surface area contributed by atoms with Gasteiger partial charge in [0.2, 0.25) is 0 Å². The molecule has 0 unspecified atom stereocenters. The molecule has 2 aromatic heterocycles.